The van der Waals surface area contributed by atoms with Crippen LogP contribution in [0.15, 0.2) is 0 Å². The first-order valence-corrected chi connectivity index (χ1v) is 6.58. The van der Waals surface area contributed by atoms with Crippen molar-refractivity contribution in [1.29, 1.82) is 0 Å². The summed E-state index contributed by atoms with van der Waals surface area (Å²) in [5.41, 5.74) is -0.888. The number of carbonyl (C=O) groups excluding carboxylic acids is 1. The number of carboxylic acid groups (broad SMARTS) is 1. The highest BCUT2D eigenvalue weighted by Gasteiger charge is 2.40. The average Bonchev–Trinajstić information content (AvgIpc) is 2.42. The lowest BCUT2D eigenvalue weighted by molar-refractivity contribution is -0.154. The molecule has 1 aliphatic heterocycles. The van der Waals surface area contributed by atoms with Crippen LogP contribution >= 0.6 is 0 Å². The molecular formula is C12H23N3O4. The maximum Gasteiger partial charge on any atom is 0.314 e. The standard InChI is InChI=1S/C12H23N3O4/c1-13-5-2-6-14-11(18)15-9-12(10(16)17)3-7-19-8-4-12/h13H,2-9H2,1H3,(H,16,17)(H2,14,15,18). The van der Waals surface area contributed by atoms with Gasteiger partial charge in [-0.05, 0) is 32.9 Å². The van der Waals surface area contributed by atoms with Crippen molar-refractivity contribution >= 4 is 12.0 Å². The number of nitrogens with one attached hydrogen (secondary N) is 3. The molecule has 0 atom stereocenters. The minimum absolute atomic E-state index is 0.142. The Hall–Kier alpha value is -1.34. The van der Waals surface area contributed by atoms with E-state index in [1.165, 1.54) is 0 Å². The van der Waals surface area contributed by atoms with Crippen LogP contribution < -0.4 is 16.0 Å². The minimum atomic E-state index is -0.888. The lowest BCUT2D eigenvalue weighted by atomic mass is 9.80. The van der Waals surface area contributed by atoms with Crippen LogP contribution in [0.2, 0.25) is 0 Å². The Morgan fingerprint density at radius 1 is 1.21 bits per heavy atom. The molecule has 1 heterocycles. The summed E-state index contributed by atoms with van der Waals surface area (Å²) >= 11 is 0. The van der Waals surface area contributed by atoms with E-state index in [1.807, 2.05) is 7.05 Å². The summed E-state index contributed by atoms with van der Waals surface area (Å²) in [6.07, 6.45) is 1.70. The Morgan fingerprint density at radius 3 is 2.47 bits per heavy atom. The molecule has 0 unspecified atom stereocenters. The van der Waals surface area contributed by atoms with Crippen molar-refractivity contribution in [1.82, 2.24) is 16.0 Å². The van der Waals surface area contributed by atoms with Gasteiger partial charge >= 0.3 is 12.0 Å². The fourth-order valence-electron chi connectivity index (χ4n) is 2.01. The lowest BCUT2D eigenvalue weighted by Crippen LogP contribution is -2.49. The topological polar surface area (TPSA) is 99.7 Å². The molecule has 19 heavy (non-hydrogen) atoms. The second kappa shape index (κ2) is 7.96. The second-order valence-electron chi connectivity index (χ2n) is 4.76. The number of ether oxygens (including phenoxy) is 1. The summed E-state index contributed by atoms with van der Waals surface area (Å²) in [6.45, 7) is 2.39. The van der Waals surface area contributed by atoms with Crippen molar-refractivity contribution in [3.05, 3.63) is 0 Å². The van der Waals surface area contributed by atoms with Gasteiger partial charge in [0.2, 0.25) is 0 Å². The van der Waals surface area contributed by atoms with E-state index >= 15 is 0 Å². The number of carbonyl (C=O) groups is 2. The van der Waals surface area contributed by atoms with Gasteiger partial charge in [-0.2, -0.15) is 0 Å². The minimum Gasteiger partial charge on any atom is -0.481 e. The molecule has 1 rings (SSSR count). The Bertz CT molecular complexity index is 303. The fraction of sp³-hybridized carbons (Fsp3) is 0.833. The summed E-state index contributed by atoms with van der Waals surface area (Å²) in [6, 6.07) is -0.316. The van der Waals surface area contributed by atoms with Crippen LogP contribution in [0.1, 0.15) is 19.3 Å². The normalized spacial score (nSPS) is 17.7. The quantitative estimate of drug-likeness (QED) is 0.480. The molecular weight excluding hydrogens is 250 g/mol. The molecule has 1 fully saturated rings. The first kappa shape index (κ1) is 15.7. The highest BCUT2D eigenvalue weighted by atomic mass is 16.5. The van der Waals surface area contributed by atoms with E-state index in [0.717, 1.165) is 13.0 Å². The maximum absolute atomic E-state index is 11.5. The molecule has 0 aliphatic carbocycles. The molecule has 7 heteroatoms. The molecule has 0 aromatic rings. The zero-order chi connectivity index (χ0) is 14.1. The third-order valence-electron chi connectivity index (χ3n) is 3.38. The van der Waals surface area contributed by atoms with E-state index in [-0.39, 0.29) is 12.6 Å². The van der Waals surface area contributed by atoms with Gasteiger partial charge in [-0.15, -0.1) is 0 Å². The largest absolute Gasteiger partial charge is 0.481 e. The number of hydrogen-bond donors (Lipinski definition) is 4. The monoisotopic (exact) mass is 273 g/mol. The zero-order valence-electron chi connectivity index (χ0n) is 11.3. The Labute approximate surface area is 113 Å². The molecule has 4 N–H and O–H groups in total. The Balaban J connectivity index is 2.31. The van der Waals surface area contributed by atoms with Crippen LogP contribution in [0, 0.1) is 5.41 Å². The zero-order valence-corrected chi connectivity index (χ0v) is 11.3. The van der Waals surface area contributed by atoms with E-state index in [0.29, 0.717) is 32.6 Å². The predicted molar refractivity (Wildman–Crippen MR) is 70.1 cm³/mol. The molecule has 1 aliphatic rings. The highest BCUT2D eigenvalue weighted by Crippen LogP contribution is 2.29. The van der Waals surface area contributed by atoms with E-state index in [4.69, 9.17) is 4.74 Å². The number of hydrogen-bond acceptors (Lipinski definition) is 4. The molecule has 7 nitrogen and oxygen atoms in total. The van der Waals surface area contributed by atoms with Crippen LogP contribution in [0.4, 0.5) is 4.79 Å². The van der Waals surface area contributed by atoms with Gasteiger partial charge in [0, 0.05) is 26.3 Å². The molecule has 0 spiro atoms. The second-order valence-corrected chi connectivity index (χ2v) is 4.76. The molecule has 0 saturated carbocycles. The van der Waals surface area contributed by atoms with Crippen molar-refractivity contribution in [2.24, 2.45) is 5.41 Å². The van der Waals surface area contributed by atoms with E-state index < -0.39 is 11.4 Å². The smallest absolute Gasteiger partial charge is 0.314 e. The van der Waals surface area contributed by atoms with Gasteiger partial charge in [-0.25, -0.2) is 4.79 Å². The van der Waals surface area contributed by atoms with Gasteiger partial charge in [0.25, 0.3) is 0 Å². The van der Waals surface area contributed by atoms with Crippen molar-refractivity contribution in [3.63, 3.8) is 0 Å². The first-order valence-electron chi connectivity index (χ1n) is 6.58. The fourth-order valence-corrected chi connectivity index (χ4v) is 2.01. The Kier molecular flexibility index (Phi) is 6.58. The van der Waals surface area contributed by atoms with Crippen molar-refractivity contribution in [3.8, 4) is 0 Å². The SMILES string of the molecule is CNCCCNC(=O)NCC1(C(=O)O)CCOCC1. The summed E-state index contributed by atoms with van der Waals surface area (Å²) in [4.78, 5) is 22.9. The third-order valence-corrected chi connectivity index (χ3v) is 3.38. The lowest BCUT2D eigenvalue weighted by Gasteiger charge is -2.33. The van der Waals surface area contributed by atoms with Gasteiger partial charge in [-0.1, -0.05) is 0 Å². The van der Waals surface area contributed by atoms with Gasteiger partial charge in [0.05, 0.1) is 5.41 Å². The predicted octanol–water partition coefficient (Wildman–Crippen LogP) is -0.223. The summed E-state index contributed by atoms with van der Waals surface area (Å²) in [7, 11) is 1.85. The van der Waals surface area contributed by atoms with Gasteiger partial charge in [-0.3, -0.25) is 4.79 Å². The highest BCUT2D eigenvalue weighted by molar-refractivity contribution is 5.78. The van der Waals surface area contributed by atoms with Gasteiger partial charge in [0.1, 0.15) is 0 Å². The van der Waals surface area contributed by atoms with Crippen molar-refractivity contribution in [2.75, 3.05) is 39.9 Å². The summed E-state index contributed by atoms with van der Waals surface area (Å²) < 4.78 is 5.17. The van der Waals surface area contributed by atoms with Crippen molar-refractivity contribution in [2.45, 2.75) is 19.3 Å². The van der Waals surface area contributed by atoms with Crippen LogP contribution in [0.5, 0.6) is 0 Å². The summed E-state index contributed by atoms with van der Waals surface area (Å²) in [5, 5.41) is 17.6. The average molecular weight is 273 g/mol. The molecule has 2 amide bonds. The third kappa shape index (κ3) is 5.04. The van der Waals surface area contributed by atoms with Crippen LogP contribution in [0.25, 0.3) is 0 Å². The van der Waals surface area contributed by atoms with Gasteiger partial charge < -0.3 is 25.8 Å². The summed E-state index contributed by atoms with van der Waals surface area (Å²) in [5.74, 6) is -0.869. The van der Waals surface area contributed by atoms with Crippen LogP contribution in [0.3, 0.4) is 0 Å². The van der Waals surface area contributed by atoms with Crippen LogP contribution in [-0.2, 0) is 9.53 Å². The first-order chi connectivity index (χ1) is 9.10. The number of aliphatic carboxylic acids is 1. The Morgan fingerprint density at radius 2 is 1.89 bits per heavy atom. The number of rotatable bonds is 7. The van der Waals surface area contributed by atoms with Crippen LogP contribution in [-0.4, -0.2) is 57.0 Å². The maximum atomic E-state index is 11.5. The molecule has 0 bridgehead atoms. The van der Waals surface area contributed by atoms with E-state index in [2.05, 4.69) is 16.0 Å². The number of amides is 2. The molecule has 110 valence electrons. The number of carboxylic acids is 1. The van der Waals surface area contributed by atoms with Gasteiger partial charge in [0.15, 0.2) is 0 Å². The van der Waals surface area contributed by atoms with Crippen molar-refractivity contribution < 1.29 is 19.4 Å². The molecule has 0 aromatic heterocycles. The van der Waals surface area contributed by atoms with E-state index in [1.54, 1.807) is 0 Å². The molecule has 0 radical (unpaired) electrons. The number of urea groups is 1. The molecule has 0 aromatic carbocycles. The molecule has 1 saturated heterocycles. The van der Waals surface area contributed by atoms with E-state index in [9.17, 15) is 14.7 Å².